The van der Waals surface area contributed by atoms with Crippen molar-refractivity contribution in [2.24, 2.45) is 5.92 Å². The summed E-state index contributed by atoms with van der Waals surface area (Å²) in [6.45, 7) is 6.68. The number of carbonyl (C=O) groups excluding carboxylic acids is 2. The first-order valence-corrected chi connectivity index (χ1v) is 7.91. The van der Waals surface area contributed by atoms with E-state index in [1.54, 1.807) is 0 Å². The molecular formula is C16H30N2O3. The van der Waals surface area contributed by atoms with Crippen LogP contribution in [0, 0.1) is 5.92 Å². The topological polar surface area (TPSA) is 49.9 Å². The maximum Gasteiger partial charge on any atom is 0.319 e. The van der Waals surface area contributed by atoms with Gasteiger partial charge in [0, 0.05) is 19.1 Å². The number of hydrogen-bond acceptors (Lipinski definition) is 4. The Morgan fingerprint density at radius 1 is 1.14 bits per heavy atom. The van der Waals surface area contributed by atoms with Crippen LogP contribution >= 0.6 is 0 Å². The molecule has 0 atom stereocenters. The number of carbonyl (C=O) groups is 2. The van der Waals surface area contributed by atoms with Crippen molar-refractivity contribution >= 4 is 11.9 Å². The van der Waals surface area contributed by atoms with E-state index in [4.69, 9.17) is 4.74 Å². The molecule has 1 amide bonds. The number of esters is 1. The summed E-state index contributed by atoms with van der Waals surface area (Å²) in [6, 6.07) is 0.480. The highest BCUT2D eigenvalue weighted by Gasteiger charge is 2.26. The van der Waals surface area contributed by atoms with Gasteiger partial charge in [0.05, 0.1) is 20.2 Å². The normalized spacial score (nSPS) is 22.4. The van der Waals surface area contributed by atoms with Gasteiger partial charge in [-0.15, -0.1) is 0 Å². The highest BCUT2D eigenvalue weighted by molar-refractivity contribution is 5.79. The Kier molecular flexibility index (Phi) is 7.15. The molecule has 21 heavy (non-hydrogen) atoms. The van der Waals surface area contributed by atoms with E-state index in [0.29, 0.717) is 6.04 Å². The van der Waals surface area contributed by atoms with E-state index in [0.717, 1.165) is 18.8 Å². The Morgan fingerprint density at radius 2 is 1.71 bits per heavy atom. The second kappa shape index (κ2) is 8.37. The number of amides is 1. The van der Waals surface area contributed by atoms with Gasteiger partial charge >= 0.3 is 5.97 Å². The first kappa shape index (κ1) is 18.0. The summed E-state index contributed by atoms with van der Waals surface area (Å²) in [5.74, 6) is 0.564. The van der Waals surface area contributed by atoms with Crippen molar-refractivity contribution in [1.82, 2.24) is 9.80 Å². The minimum Gasteiger partial charge on any atom is -0.468 e. The van der Waals surface area contributed by atoms with Crippen molar-refractivity contribution in [1.29, 1.82) is 0 Å². The lowest BCUT2D eigenvalue weighted by molar-refractivity contribution is -0.143. The first-order valence-electron chi connectivity index (χ1n) is 7.91. The lowest BCUT2D eigenvalue weighted by Gasteiger charge is -2.35. The average Bonchev–Trinajstić information content (AvgIpc) is 2.46. The summed E-state index contributed by atoms with van der Waals surface area (Å²) < 4.78 is 4.70. The molecule has 0 aromatic carbocycles. The summed E-state index contributed by atoms with van der Waals surface area (Å²) in [6.07, 6.45) is 4.56. The SMILES string of the molecule is COC(=O)CN(CC(=O)N(C)C1CCC(C)CC1)C(C)C. The second-order valence-corrected chi connectivity index (χ2v) is 6.49. The van der Waals surface area contributed by atoms with Crippen molar-refractivity contribution in [2.45, 2.75) is 58.5 Å². The fraction of sp³-hybridized carbons (Fsp3) is 0.875. The van der Waals surface area contributed by atoms with Gasteiger partial charge in [-0.1, -0.05) is 6.92 Å². The molecule has 1 rings (SSSR count). The number of nitrogens with zero attached hydrogens (tertiary/aromatic N) is 2. The van der Waals surface area contributed by atoms with Gasteiger partial charge in [0.15, 0.2) is 0 Å². The van der Waals surface area contributed by atoms with Gasteiger partial charge in [0.25, 0.3) is 0 Å². The molecule has 1 aliphatic rings. The van der Waals surface area contributed by atoms with E-state index in [1.807, 2.05) is 30.7 Å². The molecule has 0 heterocycles. The fourth-order valence-electron chi connectivity index (χ4n) is 2.77. The maximum absolute atomic E-state index is 12.4. The Morgan fingerprint density at radius 3 is 2.19 bits per heavy atom. The van der Waals surface area contributed by atoms with Gasteiger partial charge in [-0.3, -0.25) is 14.5 Å². The van der Waals surface area contributed by atoms with E-state index >= 15 is 0 Å². The number of likely N-dealkylation sites (N-methyl/N-ethyl adjacent to an activating group) is 1. The average molecular weight is 298 g/mol. The van der Waals surface area contributed by atoms with Crippen LogP contribution in [0.4, 0.5) is 0 Å². The highest BCUT2D eigenvalue weighted by Crippen LogP contribution is 2.26. The summed E-state index contributed by atoms with van der Waals surface area (Å²) >= 11 is 0. The van der Waals surface area contributed by atoms with Crippen LogP contribution in [0.5, 0.6) is 0 Å². The van der Waals surface area contributed by atoms with Crippen LogP contribution in [-0.2, 0) is 14.3 Å². The molecule has 5 nitrogen and oxygen atoms in total. The molecule has 0 saturated heterocycles. The third-order valence-corrected chi connectivity index (χ3v) is 4.56. The zero-order chi connectivity index (χ0) is 16.0. The summed E-state index contributed by atoms with van der Waals surface area (Å²) in [5, 5.41) is 0. The zero-order valence-corrected chi connectivity index (χ0v) is 14.1. The molecule has 1 aliphatic carbocycles. The van der Waals surface area contributed by atoms with E-state index in [9.17, 15) is 9.59 Å². The Bertz CT molecular complexity index is 349. The monoisotopic (exact) mass is 298 g/mol. The van der Waals surface area contributed by atoms with E-state index < -0.39 is 0 Å². The molecular weight excluding hydrogens is 268 g/mol. The van der Waals surface area contributed by atoms with Crippen molar-refractivity contribution in [3.05, 3.63) is 0 Å². The fourth-order valence-corrected chi connectivity index (χ4v) is 2.77. The van der Waals surface area contributed by atoms with Crippen molar-refractivity contribution in [3.8, 4) is 0 Å². The molecule has 5 heteroatoms. The van der Waals surface area contributed by atoms with Crippen LogP contribution in [0.1, 0.15) is 46.5 Å². The van der Waals surface area contributed by atoms with Crippen LogP contribution in [0.15, 0.2) is 0 Å². The molecule has 0 radical (unpaired) electrons. The van der Waals surface area contributed by atoms with Crippen LogP contribution in [-0.4, -0.2) is 61.0 Å². The highest BCUT2D eigenvalue weighted by atomic mass is 16.5. The lowest BCUT2D eigenvalue weighted by atomic mass is 9.87. The van der Waals surface area contributed by atoms with E-state index in [1.165, 1.54) is 20.0 Å². The molecule has 0 aliphatic heterocycles. The van der Waals surface area contributed by atoms with Crippen LogP contribution in [0.2, 0.25) is 0 Å². The lowest BCUT2D eigenvalue weighted by Crippen LogP contribution is -2.47. The van der Waals surface area contributed by atoms with Crippen molar-refractivity contribution in [2.75, 3.05) is 27.2 Å². The minimum absolute atomic E-state index is 0.0900. The Labute approximate surface area is 128 Å². The maximum atomic E-state index is 12.4. The van der Waals surface area contributed by atoms with Gasteiger partial charge in [0.2, 0.25) is 5.91 Å². The van der Waals surface area contributed by atoms with Gasteiger partial charge < -0.3 is 9.64 Å². The minimum atomic E-state index is -0.300. The number of ether oxygens (including phenoxy) is 1. The predicted molar refractivity (Wildman–Crippen MR) is 82.9 cm³/mol. The van der Waals surface area contributed by atoms with Crippen LogP contribution < -0.4 is 0 Å². The summed E-state index contributed by atoms with van der Waals surface area (Å²) in [5.41, 5.74) is 0. The Hall–Kier alpha value is -1.10. The van der Waals surface area contributed by atoms with Crippen LogP contribution in [0.3, 0.4) is 0 Å². The standard InChI is InChI=1S/C16H30N2O3/c1-12(2)18(11-16(20)21-5)10-15(19)17(4)14-8-6-13(3)7-9-14/h12-14H,6-11H2,1-5H3. The third-order valence-electron chi connectivity index (χ3n) is 4.56. The molecule has 1 fully saturated rings. The molecule has 0 aromatic rings. The number of methoxy groups -OCH3 is 1. The smallest absolute Gasteiger partial charge is 0.319 e. The van der Waals surface area contributed by atoms with E-state index in [-0.39, 0.29) is 31.0 Å². The summed E-state index contributed by atoms with van der Waals surface area (Å²) in [7, 11) is 3.26. The molecule has 0 unspecified atom stereocenters. The molecule has 122 valence electrons. The zero-order valence-electron chi connectivity index (χ0n) is 14.1. The van der Waals surface area contributed by atoms with E-state index in [2.05, 4.69) is 6.92 Å². The molecule has 1 saturated carbocycles. The molecule has 0 N–H and O–H groups in total. The number of hydrogen-bond donors (Lipinski definition) is 0. The first-order chi connectivity index (χ1) is 9.85. The third kappa shape index (κ3) is 5.65. The molecule has 0 bridgehead atoms. The largest absolute Gasteiger partial charge is 0.468 e. The quantitative estimate of drug-likeness (QED) is 0.703. The van der Waals surface area contributed by atoms with Crippen LogP contribution in [0.25, 0.3) is 0 Å². The van der Waals surface area contributed by atoms with Gasteiger partial charge in [-0.25, -0.2) is 0 Å². The number of rotatable bonds is 6. The van der Waals surface area contributed by atoms with Gasteiger partial charge in [0.1, 0.15) is 0 Å². The summed E-state index contributed by atoms with van der Waals surface area (Å²) in [4.78, 5) is 27.6. The second-order valence-electron chi connectivity index (χ2n) is 6.49. The van der Waals surface area contributed by atoms with Crippen molar-refractivity contribution < 1.29 is 14.3 Å². The van der Waals surface area contributed by atoms with Gasteiger partial charge in [-0.2, -0.15) is 0 Å². The predicted octanol–water partition coefficient (Wildman–Crippen LogP) is 1.91. The molecule has 0 aromatic heterocycles. The Balaban J connectivity index is 2.53. The van der Waals surface area contributed by atoms with Gasteiger partial charge in [-0.05, 0) is 45.4 Å². The molecule has 0 spiro atoms. The van der Waals surface area contributed by atoms with Crippen molar-refractivity contribution in [3.63, 3.8) is 0 Å².